The zero-order valence-electron chi connectivity index (χ0n) is 22.6. The van der Waals surface area contributed by atoms with Crippen molar-refractivity contribution in [2.75, 3.05) is 6.54 Å². The molecule has 0 fully saturated rings. The van der Waals surface area contributed by atoms with Crippen LogP contribution in [-0.2, 0) is 19.1 Å². The summed E-state index contributed by atoms with van der Waals surface area (Å²) in [6.07, 6.45) is 1.81. The van der Waals surface area contributed by atoms with Crippen molar-refractivity contribution < 1.29 is 23.9 Å². The second kappa shape index (κ2) is 13.7. The maximum absolute atomic E-state index is 13.8. The first-order valence-corrected chi connectivity index (χ1v) is 12.3. The summed E-state index contributed by atoms with van der Waals surface area (Å²) in [6, 6.07) is 3.20. The number of aryl methyl sites for hydroxylation is 2. The van der Waals surface area contributed by atoms with Gasteiger partial charge in [0.15, 0.2) is 0 Å². The zero-order chi connectivity index (χ0) is 27.6. The molecule has 1 aromatic carbocycles. The maximum Gasteiger partial charge on any atom is 0.408 e. The Morgan fingerprint density at radius 3 is 2.33 bits per heavy atom. The van der Waals surface area contributed by atoms with E-state index < -0.39 is 42.0 Å². The number of carbonyl (C=O) groups excluding carboxylic acids is 4. The minimum Gasteiger partial charge on any atom is -0.444 e. The lowest BCUT2D eigenvalue weighted by atomic mass is 9.95. The molecule has 0 aromatic heterocycles. The molecule has 0 aliphatic carbocycles. The molecule has 0 bridgehead atoms. The van der Waals surface area contributed by atoms with E-state index in [4.69, 9.17) is 10.5 Å². The summed E-state index contributed by atoms with van der Waals surface area (Å²) in [5.41, 5.74) is 6.95. The van der Waals surface area contributed by atoms with Gasteiger partial charge in [0.1, 0.15) is 17.7 Å². The molecule has 3 atom stereocenters. The molecule has 9 heteroatoms. The third kappa shape index (κ3) is 9.71. The lowest BCUT2D eigenvalue weighted by Crippen LogP contribution is -2.54. The van der Waals surface area contributed by atoms with E-state index in [2.05, 4.69) is 17.2 Å². The van der Waals surface area contributed by atoms with Crippen LogP contribution in [0.3, 0.4) is 0 Å². The molecule has 0 saturated carbocycles. The topological polar surface area (TPSA) is 131 Å². The van der Waals surface area contributed by atoms with Gasteiger partial charge in [0.25, 0.3) is 0 Å². The summed E-state index contributed by atoms with van der Waals surface area (Å²) >= 11 is 0. The van der Waals surface area contributed by atoms with Crippen molar-refractivity contribution in [3.63, 3.8) is 0 Å². The van der Waals surface area contributed by atoms with Crippen LogP contribution in [0, 0.1) is 13.8 Å². The van der Waals surface area contributed by atoms with Crippen LogP contribution < -0.4 is 16.4 Å². The summed E-state index contributed by atoms with van der Waals surface area (Å²) in [6.45, 7) is 16.5. The first-order valence-electron chi connectivity index (χ1n) is 12.3. The summed E-state index contributed by atoms with van der Waals surface area (Å²) in [5.74, 6) is -1.80. The largest absolute Gasteiger partial charge is 0.444 e. The minimum atomic E-state index is -1.33. The van der Waals surface area contributed by atoms with E-state index in [-0.39, 0.29) is 18.5 Å². The van der Waals surface area contributed by atoms with Gasteiger partial charge in [-0.2, -0.15) is 0 Å². The van der Waals surface area contributed by atoms with Crippen molar-refractivity contribution in [3.05, 3.63) is 47.5 Å². The van der Waals surface area contributed by atoms with Gasteiger partial charge in [-0.15, -0.1) is 6.58 Å². The maximum atomic E-state index is 13.8. The first kappa shape index (κ1) is 30.7. The Hall–Kier alpha value is -3.36. The number of hydrogen-bond acceptors (Lipinski definition) is 5. The first-order chi connectivity index (χ1) is 16.7. The molecule has 0 aliphatic rings. The number of alkyl carbamates (subject to hydrolysis) is 1. The van der Waals surface area contributed by atoms with Gasteiger partial charge in [-0.1, -0.05) is 43.2 Å². The molecule has 0 aliphatic heterocycles. The van der Waals surface area contributed by atoms with Gasteiger partial charge >= 0.3 is 6.09 Å². The van der Waals surface area contributed by atoms with Crippen LogP contribution in [0.5, 0.6) is 0 Å². The van der Waals surface area contributed by atoms with E-state index in [1.165, 1.54) is 11.0 Å². The molecule has 4 amide bonds. The monoisotopic (exact) mass is 502 g/mol. The number of amides is 4. The van der Waals surface area contributed by atoms with Gasteiger partial charge in [-0.05, 0) is 59.1 Å². The number of primary amides is 1. The zero-order valence-corrected chi connectivity index (χ0v) is 22.6. The Morgan fingerprint density at radius 1 is 1.17 bits per heavy atom. The highest BCUT2D eigenvalue weighted by molar-refractivity contribution is 5.94. The van der Waals surface area contributed by atoms with Gasteiger partial charge < -0.3 is 26.0 Å². The van der Waals surface area contributed by atoms with Gasteiger partial charge in [-0.25, -0.2) is 4.79 Å². The molecule has 1 aromatic rings. The Labute approximate surface area is 214 Å². The highest BCUT2D eigenvalue weighted by atomic mass is 16.6. The van der Waals surface area contributed by atoms with Crippen molar-refractivity contribution in [2.24, 2.45) is 5.73 Å². The molecule has 36 heavy (non-hydrogen) atoms. The van der Waals surface area contributed by atoms with Crippen LogP contribution >= 0.6 is 0 Å². The van der Waals surface area contributed by atoms with E-state index in [1.807, 2.05) is 45.9 Å². The Bertz CT molecular complexity index is 954. The Kier molecular flexibility index (Phi) is 11.6. The van der Waals surface area contributed by atoms with E-state index >= 15 is 0 Å². The number of carbonyl (C=O) groups is 4. The van der Waals surface area contributed by atoms with Crippen LogP contribution in [0.1, 0.15) is 76.6 Å². The fourth-order valence-corrected chi connectivity index (χ4v) is 3.85. The third-order valence-electron chi connectivity index (χ3n) is 5.40. The summed E-state index contributed by atoms with van der Waals surface area (Å²) in [7, 11) is 0. The third-order valence-corrected chi connectivity index (χ3v) is 5.40. The Balaban J connectivity index is 3.54. The number of rotatable bonds is 12. The van der Waals surface area contributed by atoms with Crippen LogP contribution in [0.25, 0.3) is 0 Å². The lowest BCUT2D eigenvalue weighted by Gasteiger charge is -2.35. The Morgan fingerprint density at radius 2 is 1.81 bits per heavy atom. The number of nitrogens with zero attached hydrogens (tertiary/aromatic N) is 1. The second-order valence-corrected chi connectivity index (χ2v) is 10.1. The molecular formula is C27H42N4O5. The molecule has 0 spiro atoms. The van der Waals surface area contributed by atoms with E-state index in [1.54, 1.807) is 20.8 Å². The second-order valence-electron chi connectivity index (χ2n) is 10.1. The van der Waals surface area contributed by atoms with E-state index in [0.717, 1.165) is 24.0 Å². The van der Waals surface area contributed by atoms with Crippen LogP contribution in [0.2, 0.25) is 0 Å². The van der Waals surface area contributed by atoms with Gasteiger partial charge in [0.2, 0.25) is 17.7 Å². The minimum absolute atomic E-state index is 0.00226. The summed E-state index contributed by atoms with van der Waals surface area (Å²) in [5, 5.41) is 5.46. The average Bonchev–Trinajstić information content (AvgIpc) is 2.73. The number of nitrogens with one attached hydrogen (secondary N) is 2. The van der Waals surface area contributed by atoms with Crippen molar-refractivity contribution in [1.82, 2.24) is 15.5 Å². The number of hydrogen-bond donors (Lipinski definition) is 3. The van der Waals surface area contributed by atoms with Crippen LogP contribution in [0.4, 0.5) is 4.79 Å². The normalized spacial score (nSPS) is 13.6. The molecular weight excluding hydrogens is 460 g/mol. The highest BCUT2D eigenvalue weighted by Crippen LogP contribution is 2.27. The van der Waals surface area contributed by atoms with Gasteiger partial charge in [0.05, 0.1) is 6.42 Å². The molecule has 200 valence electrons. The van der Waals surface area contributed by atoms with Crippen molar-refractivity contribution in [3.8, 4) is 0 Å². The predicted molar refractivity (Wildman–Crippen MR) is 140 cm³/mol. The molecule has 0 heterocycles. The van der Waals surface area contributed by atoms with E-state index in [0.29, 0.717) is 5.56 Å². The fraction of sp³-hybridized carbons (Fsp3) is 0.556. The van der Waals surface area contributed by atoms with Crippen LogP contribution in [0.15, 0.2) is 30.9 Å². The molecule has 3 unspecified atom stereocenters. The number of benzene rings is 1. The smallest absolute Gasteiger partial charge is 0.408 e. The predicted octanol–water partition coefficient (Wildman–Crippen LogP) is 3.43. The van der Waals surface area contributed by atoms with Gasteiger partial charge in [0, 0.05) is 12.6 Å². The van der Waals surface area contributed by atoms with Crippen molar-refractivity contribution in [2.45, 2.75) is 91.5 Å². The van der Waals surface area contributed by atoms with Crippen LogP contribution in [-0.4, -0.2) is 52.9 Å². The molecule has 0 saturated heterocycles. The standard InChI is InChI=1S/C27H42N4O5/c1-9-11-19(5)29-24(33)23(20-15-17(3)12-13-18(20)4)31(14-10-2)25(34)21(16-22(28)32)30-26(35)36-27(6,7)8/h10,12-13,15,19,21,23H,2,9,11,14,16H2,1,3-8H3,(H2,28,32)(H,29,33)(H,30,35). The lowest BCUT2D eigenvalue weighted by molar-refractivity contribution is -0.143. The molecule has 1 rings (SSSR count). The highest BCUT2D eigenvalue weighted by Gasteiger charge is 2.37. The van der Waals surface area contributed by atoms with E-state index in [9.17, 15) is 19.2 Å². The molecule has 0 radical (unpaired) electrons. The number of ether oxygens (including phenoxy) is 1. The van der Waals surface area contributed by atoms with Crippen molar-refractivity contribution in [1.29, 1.82) is 0 Å². The molecule has 9 nitrogen and oxygen atoms in total. The van der Waals surface area contributed by atoms with Gasteiger partial charge in [-0.3, -0.25) is 14.4 Å². The van der Waals surface area contributed by atoms with Crippen molar-refractivity contribution >= 4 is 23.8 Å². The average molecular weight is 503 g/mol. The summed E-state index contributed by atoms with van der Waals surface area (Å²) < 4.78 is 5.27. The number of nitrogens with two attached hydrogens (primary N) is 1. The molecule has 4 N–H and O–H groups in total. The fourth-order valence-electron chi connectivity index (χ4n) is 3.85. The summed E-state index contributed by atoms with van der Waals surface area (Å²) in [4.78, 5) is 53.0. The SMILES string of the molecule is C=CCN(C(=O)C(CC(N)=O)NC(=O)OC(C)(C)C)C(C(=O)NC(C)CCC)c1cc(C)ccc1C. The quantitative estimate of drug-likeness (QED) is 0.377.